The van der Waals surface area contributed by atoms with Gasteiger partial charge in [-0.3, -0.25) is 0 Å². The van der Waals surface area contributed by atoms with Crippen molar-refractivity contribution in [2.75, 3.05) is 6.61 Å². The van der Waals surface area contributed by atoms with Crippen LogP contribution in [0, 0.1) is 5.92 Å². The number of benzene rings is 2. The molecule has 2 unspecified atom stereocenters. The van der Waals surface area contributed by atoms with Crippen molar-refractivity contribution >= 4 is 11.9 Å². The fourth-order valence-corrected chi connectivity index (χ4v) is 3.66. The van der Waals surface area contributed by atoms with E-state index in [9.17, 15) is 24.9 Å². The van der Waals surface area contributed by atoms with Crippen LogP contribution in [0.3, 0.4) is 0 Å². The minimum atomic E-state index is -1.62. The second kappa shape index (κ2) is 9.48. The van der Waals surface area contributed by atoms with Crippen LogP contribution in [0.2, 0.25) is 0 Å². The first-order chi connectivity index (χ1) is 13.3. The molecule has 4 N–H and O–H groups in total. The maximum absolute atomic E-state index is 11.8. The Bertz CT molecular complexity index is 808. The van der Waals surface area contributed by atoms with Crippen LogP contribution in [0.15, 0.2) is 48.5 Å². The predicted octanol–water partition coefficient (Wildman–Crippen LogP) is 3.51. The third-order valence-electron chi connectivity index (χ3n) is 5.03. The Kier molecular flexibility index (Phi) is 7.31. The van der Waals surface area contributed by atoms with E-state index in [4.69, 9.17) is 5.11 Å². The van der Waals surface area contributed by atoms with Crippen molar-refractivity contribution in [2.45, 2.75) is 38.2 Å². The summed E-state index contributed by atoms with van der Waals surface area (Å²) in [6.07, 6.45) is 2.33. The monoisotopic (exact) mass is 386 g/mol. The van der Waals surface area contributed by atoms with E-state index in [1.165, 1.54) is 30.3 Å². The van der Waals surface area contributed by atoms with Crippen LogP contribution in [0.1, 0.15) is 64.4 Å². The Morgan fingerprint density at radius 2 is 1.61 bits per heavy atom. The number of carbonyl (C=O) groups is 2. The van der Waals surface area contributed by atoms with Crippen LogP contribution in [-0.2, 0) is 5.60 Å². The molecule has 0 aliphatic heterocycles. The number of rotatable bonds is 10. The Labute approximate surface area is 164 Å². The average Bonchev–Trinajstić information content (AvgIpc) is 2.68. The van der Waals surface area contributed by atoms with Crippen LogP contribution < -0.4 is 0 Å². The highest BCUT2D eigenvalue weighted by Crippen LogP contribution is 2.39. The number of aliphatic hydroxyl groups is 2. The molecule has 0 amide bonds. The molecule has 0 heterocycles. The van der Waals surface area contributed by atoms with Gasteiger partial charge in [-0.2, -0.15) is 0 Å². The van der Waals surface area contributed by atoms with Crippen molar-refractivity contribution in [2.24, 2.45) is 5.92 Å². The SMILES string of the molecule is CCCC(CCO)CC(O)(c1ccc(C(=O)O)cc1)c1ccccc1C(=O)O. The number of carboxylic acids is 2. The van der Waals surface area contributed by atoms with Gasteiger partial charge in [0.25, 0.3) is 0 Å². The van der Waals surface area contributed by atoms with Gasteiger partial charge in [0.1, 0.15) is 5.60 Å². The maximum atomic E-state index is 11.8. The first kappa shape index (κ1) is 21.6. The van der Waals surface area contributed by atoms with Gasteiger partial charge in [0, 0.05) is 12.2 Å². The first-order valence-electron chi connectivity index (χ1n) is 9.33. The molecule has 0 bridgehead atoms. The van der Waals surface area contributed by atoms with E-state index in [2.05, 4.69) is 0 Å². The van der Waals surface area contributed by atoms with Gasteiger partial charge >= 0.3 is 11.9 Å². The average molecular weight is 386 g/mol. The van der Waals surface area contributed by atoms with Crippen molar-refractivity contribution in [3.63, 3.8) is 0 Å². The molecule has 2 aromatic rings. The minimum Gasteiger partial charge on any atom is -0.478 e. The van der Waals surface area contributed by atoms with E-state index < -0.39 is 17.5 Å². The summed E-state index contributed by atoms with van der Waals surface area (Å²) in [5, 5.41) is 39.9. The number of carboxylic acid groups (broad SMARTS) is 2. The molecule has 0 aliphatic rings. The third-order valence-corrected chi connectivity index (χ3v) is 5.03. The van der Waals surface area contributed by atoms with Crippen molar-refractivity contribution in [1.82, 2.24) is 0 Å². The summed E-state index contributed by atoms with van der Waals surface area (Å²) in [6.45, 7) is 1.98. The normalized spacial score (nSPS) is 14.2. The summed E-state index contributed by atoms with van der Waals surface area (Å²) in [7, 11) is 0. The van der Waals surface area contributed by atoms with Gasteiger partial charge in [0.2, 0.25) is 0 Å². The molecular formula is C22H26O6. The predicted molar refractivity (Wildman–Crippen MR) is 105 cm³/mol. The lowest BCUT2D eigenvalue weighted by molar-refractivity contribution is 0.0420. The Morgan fingerprint density at radius 1 is 0.964 bits per heavy atom. The van der Waals surface area contributed by atoms with Crippen molar-refractivity contribution in [3.8, 4) is 0 Å². The zero-order valence-corrected chi connectivity index (χ0v) is 15.8. The number of hydrogen-bond acceptors (Lipinski definition) is 4. The Morgan fingerprint density at radius 3 is 2.14 bits per heavy atom. The Balaban J connectivity index is 2.60. The molecule has 2 rings (SSSR count). The van der Waals surface area contributed by atoms with Crippen LogP contribution in [0.5, 0.6) is 0 Å². The lowest BCUT2D eigenvalue weighted by Gasteiger charge is -2.34. The summed E-state index contributed by atoms with van der Waals surface area (Å²) in [5.74, 6) is -2.25. The molecule has 28 heavy (non-hydrogen) atoms. The molecule has 6 nitrogen and oxygen atoms in total. The van der Waals surface area contributed by atoms with Crippen molar-refractivity contribution in [3.05, 3.63) is 70.8 Å². The summed E-state index contributed by atoms with van der Waals surface area (Å²) >= 11 is 0. The molecule has 6 heteroatoms. The van der Waals surface area contributed by atoms with Gasteiger partial charge in [-0.05, 0) is 42.5 Å². The molecular weight excluding hydrogens is 360 g/mol. The zero-order chi connectivity index (χ0) is 20.7. The first-order valence-corrected chi connectivity index (χ1v) is 9.33. The quantitative estimate of drug-likeness (QED) is 0.497. The van der Waals surface area contributed by atoms with Crippen LogP contribution in [0.4, 0.5) is 0 Å². The van der Waals surface area contributed by atoms with Crippen LogP contribution >= 0.6 is 0 Å². The van der Waals surface area contributed by atoms with Crippen molar-refractivity contribution < 1.29 is 30.0 Å². The van der Waals surface area contributed by atoms with Crippen molar-refractivity contribution in [1.29, 1.82) is 0 Å². The second-order valence-corrected chi connectivity index (χ2v) is 6.96. The lowest BCUT2D eigenvalue weighted by Crippen LogP contribution is -2.32. The topological polar surface area (TPSA) is 115 Å². The van der Waals surface area contributed by atoms with Gasteiger partial charge in [-0.15, -0.1) is 0 Å². The van der Waals surface area contributed by atoms with E-state index >= 15 is 0 Å². The summed E-state index contributed by atoms with van der Waals surface area (Å²) in [4.78, 5) is 22.9. The van der Waals surface area contributed by atoms with E-state index in [1.54, 1.807) is 18.2 Å². The molecule has 0 aromatic heterocycles. The van der Waals surface area contributed by atoms with E-state index in [0.717, 1.165) is 12.8 Å². The third kappa shape index (κ3) is 4.77. The molecule has 2 aromatic carbocycles. The Hall–Kier alpha value is -2.70. The zero-order valence-electron chi connectivity index (χ0n) is 15.8. The van der Waals surface area contributed by atoms with Gasteiger partial charge in [0.15, 0.2) is 0 Å². The molecule has 0 saturated carbocycles. The highest BCUT2D eigenvalue weighted by molar-refractivity contribution is 5.90. The smallest absolute Gasteiger partial charge is 0.336 e. The molecule has 2 atom stereocenters. The molecule has 0 aliphatic carbocycles. The largest absolute Gasteiger partial charge is 0.478 e. The molecule has 0 saturated heterocycles. The summed E-state index contributed by atoms with van der Waals surface area (Å²) in [5.41, 5.74) is -0.874. The van der Waals surface area contributed by atoms with E-state index in [1.807, 2.05) is 6.92 Å². The fourth-order valence-electron chi connectivity index (χ4n) is 3.66. The standard InChI is InChI=1S/C22H26O6/c1-2-5-15(12-13-23)14-22(28,17-10-8-16(9-11-17)20(24)25)19-7-4-3-6-18(19)21(26)27/h3-4,6-11,15,23,28H,2,5,12-14H2,1H3,(H,24,25)(H,26,27). The minimum absolute atomic E-state index is 0.00782. The van der Waals surface area contributed by atoms with Crippen LogP contribution in [0.25, 0.3) is 0 Å². The lowest BCUT2D eigenvalue weighted by atomic mass is 9.75. The molecule has 0 fully saturated rings. The second-order valence-electron chi connectivity index (χ2n) is 6.96. The maximum Gasteiger partial charge on any atom is 0.336 e. The summed E-state index contributed by atoms with van der Waals surface area (Å²) in [6, 6.07) is 12.1. The molecule has 0 radical (unpaired) electrons. The summed E-state index contributed by atoms with van der Waals surface area (Å²) < 4.78 is 0. The van der Waals surface area contributed by atoms with Gasteiger partial charge < -0.3 is 20.4 Å². The fraction of sp³-hybridized carbons (Fsp3) is 0.364. The molecule has 150 valence electrons. The molecule has 0 spiro atoms. The van der Waals surface area contributed by atoms with E-state index in [-0.39, 0.29) is 35.6 Å². The van der Waals surface area contributed by atoms with Gasteiger partial charge in [-0.1, -0.05) is 50.1 Å². The number of hydrogen-bond donors (Lipinski definition) is 4. The number of aromatic carboxylic acids is 2. The van der Waals surface area contributed by atoms with E-state index in [0.29, 0.717) is 12.0 Å². The van der Waals surface area contributed by atoms with Gasteiger partial charge in [-0.25, -0.2) is 9.59 Å². The highest BCUT2D eigenvalue weighted by atomic mass is 16.4. The highest BCUT2D eigenvalue weighted by Gasteiger charge is 2.37. The van der Waals surface area contributed by atoms with Gasteiger partial charge in [0.05, 0.1) is 11.1 Å². The number of aliphatic hydroxyl groups excluding tert-OH is 1. The van der Waals surface area contributed by atoms with Crippen LogP contribution in [-0.4, -0.2) is 39.0 Å².